The lowest BCUT2D eigenvalue weighted by atomic mass is 9.99. The topological polar surface area (TPSA) is 106 Å². The minimum Gasteiger partial charge on any atom is -0.454 e. The van der Waals surface area contributed by atoms with Crippen LogP contribution in [0, 0.1) is 5.82 Å². The summed E-state index contributed by atoms with van der Waals surface area (Å²) in [5.41, 5.74) is 1.61. The molecular formula is C41H41ClFN3O5. The molecule has 0 spiro atoms. The average Bonchev–Trinajstić information content (AvgIpc) is 3.09. The number of hydrogen-bond donors (Lipinski definition) is 3. The van der Waals surface area contributed by atoms with E-state index in [9.17, 15) is 18.8 Å². The highest BCUT2D eigenvalue weighted by Crippen LogP contribution is 2.39. The molecule has 0 aliphatic heterocycles. The third-order valence-corrected chi connectivity index (χ3v) is 8.31. The Hall–Kier alpha value is -5.25. The Morgan fingerprint density at radius 3 is 2.31 bits per heavy atom. The van der Waals surface area contributed by atoms with Gasteiger partial charge in [-0.15, -0.1) is 0 Å². The van der Waals surface area contributed by atoms with E-state index in [1.54, 1.807) is 69.3 Å². The third-order valence-electron chi connectivity index (χ3n) is 8.00. The minimum atomic E-state index is -0.688. The molecule has 1 unspecified atom stereocenters. The molecule has 5 aromatic carbocycles. The quantitative estimate of drug-likeness (QED) is 0.105. The summed E-state index contributed by atoms with van der Waals surface area (Å²) in [7, 11) is 0. The fourth-order valence-corrected chi connectivity index (χ4v) is 5.74. The zero-order valence-corrected chi connectivity index (χ0v) is 29.8. The average molecular weight is 710 g/mol. The molecule has 0 heterocycles. The molecule has 0 saturated carbocycles. The lowest BCUT2D eigenvalue weighted by Gasteiger charge is -2.21. The van der Waals surface area contributed by atoms with Crippen molar-refractivity contribution in [2.24, 2.45) is 0 Å². The molecule has 51 heavy (non-hydrogen) atoms. The summed E-state index contributed by atoms with van der Waals surface area (Å²) < 4.78 is 26.0. The van der Waals surface area contributed by atoms with Gasteiger partial charge in [-0.1, -0.05) is 91.3 Å². The number of anilines is 1. The highest BCUT2D eigenvalue weighted by Gasteiger charge is 2.25. The Morgan fingerprint density at radius 2 is 1.57 bits per heavy atom. The first-order valence-corrected chi connectivity index (χ1v) is 17.1. The Bertz CT molecular complexity index is 2040. The molecule has 3 N–H and O–H groups in total. The summed E-state index contributed by atoms with van der Waals surface area (Å²) >= 11 is 6.73. The molecule has 0 aliphatic rings. The standard InChI is InChI=1S/C41H41ClFN3O5/c1-5-34(44-25-30-14-8-9-16-33(30)43)39(48)46-35-20-19-32(42)37(36(47)23-26-17-18-28-12-6-7-13-29(28)21-26)38(35)50-31-15-10-11-27(22-31)24-45-40(49)51-41(2,3)4/h6-22,34,44H,5,23-25H2,1-4H3,(H,45,49)(H,46,48). The number of hydrogen-bond acceptors (Lipinski definition) is 6. The van der Waals surface area contributed by atoms with Gasteiger partial charge in [0.25, 0.3) is 0 Å². The van der Waals surface area contributed by atoms with Crippen molar-refractivity contribution in [2.75, 3.05) is 5.32 Å². The largest absolute Gasteiger partial charge is 0.454 e. The number of fused-ring (bicyclic) bond motifs is 1. The van der Waals surface area contributed by atoms with E-state index in [-0.39, 0.29) is 53.1 Å². The number of nitrogens with one attached hydrogen (secondary N) is 3. The van der Waals surface area contributed by atoms with Crippen molar-refractivity contribution < 1.29 is 28.2 Å². The SMILES string of the molecule is CCC(NCc1ccccc1F)C(=O)Nc1ccc(Cl)c(C(=O)Cc2ccc3ccccc3c2)c1Oc1cccc(CNC(=O)OC(C)(C)C)c1. The number of benzene rings is 5. The van der Waals surface area contributed by atoms with Crippen LogP contribution in [0.15, 0.2) is 103 Å². The molecular weight excluding hydrogens is 669 g/mol. The predicted octanol–water partition coefficient (Wildman–Crippen LogP) is 9.38. The second-order valence-electron chi connectivity index (χ2n) is 13.1. The number of alkyl carbamates (subject to hydrolysis) is 1. The predicted molar refractivity (Wildman–Crippen MR) is 199 cm³/mol. The van der Waals surface area contributed by atoms with Crippen LogP contribution in [0.25, 0.3) is 10.8 Å². The molecule has 0 aromatic heterocycles. The number of carbonyl (C=O) groups is 3. The number of amides is 2. The molecule has 1 atom stereocenters. The molecule has 8 nitrogen and oxygen atoms in total. The number of halogens is 2. The number of ketones is 1. The van der Waals surface area contributed by atoms with Gasteiger partial charge in [-0.2, -0.15) is 0 Å². The number of rotatable bonds is 13. The van der Waals surface area contributed by atoms with Gasteiger partial charge in [0.05, 0.1) is 22.3 Å². The smallest absolute Gasteiger partial charge is 0.407 e. The van der Waals surface area contributed by atoms with Crippen molar-refractivity contribution >= 4 is 45.8 Å². The number of ether oxygens (including phenoxy) is 2. The van der Waals surface area contributed by atoms with E-state index in [1.165, 1.54) is 6.07 Å². The second-order valence-corrected chi connectivity index (χ2v) is 13.5. The van der Waals surface area contributed by atoms with E-state index in [1.807, 2.05) is 55.5 Å². The van der Waals surface area contributed by atoms with E-state index in [2.05, 4.69) is 16.0 Å². The molecule has 5 aromatic rings. The zero-order chi connectivity index (χ0) is 36.5. The van der Waals surface area contributed by atoms with E-state index in [4.69, 9.17) is 21.1 Å². The molecule has 264 valence electrons. The van der Waals surface area contributed by atoms with Crippen LogP contribution in [-0.2, 0) is 29.0 Å². The highest BCUT2D eigenvalue weighted by molar-refractivity contribution is 6.34. The molecule has 0 fully saturated rings. The van der Waals surface area contributed by atoms with Gasteiger partial charge in [0.15, 0.2) is 11.5 Å². The van der Waals surface area contributed by atoms with Crippen molar-refractivity contribution in [3.63, 3.8) is 0 Å². The van der Waals surface area contributed by atoms with E-state index in [0.717, 1.165) is 16.3 Å². The molecule has 10 heteroatoms. The van der Waals surface area contributed by atoms with Gasteiger partial charge in [0, 0.05) is 25.1 Å². The first-order chi connectivity index (χ1) is 24.4. The van der Waals surface area contributed by atoms with Crippen LogP contribution in [0.4, 0.5) is 14.9 Å². The maximum absolute atomic E-state index is 14.3. The molecule has 0 bridgehead atoms. The van der Waals surface area contributed by atoms with Crippen molar-refractivity contribution in [1.29, 1.82) is 0 Å². The maximum atomic E-state index is 14.3. The summed E-state index contributed by atoms with van der Waals surface area (Å²) in [6.07, 6.45) is -0.130. The van der Waals surface area contributed by atoms with E-state index in [0.29, 0.717) is 23.3 Å². The van der Waals surface area contributed by atoms with Gasteiger partial charge in [-0.3, -0.25) is 9.59 Å². The molecule has 2 amide bonds. The minimum absolute atomic E-state index is 0.0277. The first-order valence-electron chi connectivity index (χ1n) is 16.7. The van der Waals surface area contributed by atoms with Gasteiger partial charge in [-0.25, -0.2) is 9.18 Å². The molecule has 5 rings (SSSR count). The number of carbonyl (C=O) groups excluding carboxylic acids is 3. The van der Waals surface area contributed by atoms with Crippen molar-refractivity contribution in [3.05, 3.63) is 136 Å². The molecule has 0 saturated heterocycles. The van der Waals surface area contributed by atoms with Crippen LogP contribution >= 0.6 is 11.6 Å². The zero-order valence-electron chi connectivity index (χ0n) is 29.0. The lowest BCUT2D eigenvalue weighted by molar-refractivity contribution is -0.118. The van der Waals surface area contributed by atoms with Gasteiger partial charge < -0.3 is 25.4 Å². The molecule has 0 aliphatic carbocycles. The maximum Gasteiger partial charge on any atom is 0.407 e. The Balaban J connectivity index is 1.44. The monoisotopic (exact) mass is 709 g/mol. The van der Waals surface area contributed by atoms with Gasteiger partial charge in [0.2, 0.25) is 5.91 Å². The van der Waals surface area contributed by atoms with Crippen LogP contribution in [0.5, 0.6) is 11.5 Å². The van der Waals surface area contributed by atoms with Crippen LogP contribution in [0.2, 0.25) is 5.02 Å². The van der Waals surface area contributed by atoms with Gasteiger partial charge in [0.1, 0.15) is 17.2 Å². The Labute approximate surface area is 302 Å². The van der Waals surface area contributed by atoms with E-state index >= 15 is 0 Å². The van der Waals surface area contributed by atoms with Gasteiger partial charge in [-0.05, 0) is 79.4 Å². The fraction of sp³-hybridized carbons (Fsp3) is 0.244. The highest BCUT2D eigenvalue weighted by atomic mass is 35.5. The Kier molecular flexibility index (Phi) is 12.1. The third kappa shape index (κ3) is 10.2. The van der Waals surface area contributed by atoms with Crippen molar-refractivity contribution in [2.45, 2.75) is 65.3 Å². The van der Waals surface area contributed by atoms with Crippen LogP contribution in [0.1, 0.15) is 61.2 Å². The first kappa shape index (κ1) is 37.0. The normalized spacial score (nSPS) is 11.9. The van der Waals surface area contributed by atoms with Crippen molar-refractivity contribution in [3.8, 4) is 11.5 Å². The summed E-state index contributed by atoms with van der Waals surface area (Å²) in [6.45, 7) is 7.48. The van der Waals surface area contributed by atoms with Gasteiger partial charge >= 0.3 is 6.09 Å². The van der Waals surface area contributed by atoms with Crippen molar-refractivity contribution in [1.82, 2.24) is 10.6 Å². The summed E-state index contributed by atoms with van der Waals surface area (Å²) in [5, 5.41) is 11.0. The van der Waals surface area contributed by atoms with Crippen LogP contribution in [0.3, 0.4) is 0 Å². The summed E-state index contributed by atoms with van der Waals surface area (Å²) in [4.78, 5) is 40.0. The molecule has 0 radical (unpaired) electrons. The second kappa shape index (κ2) is 16.6. The van der Waals surface area contributed by atoms with Crippen LogP contribution in [-0.4, -0.2) is 29.4 Å². The Morgan fingerprint density at radius 1 is 0.824 bits per heavy atom. The lowest BCUT2D eigenvalue weighted by Crippen LogP contribution is -2.39. The van der Waals surface area contributed by atoms with Crippen LogP contribution < -0.4 is 20.7 Å². The van der Waals surface area contributed by atoms with E-state index < -0.39 is 23.6 Å². The number of Topliss-reactive ketones (excluding diaryl/α,β-unsaturated/α-hetero) is 1. The fourth-order valence-electron chi connectivity index (χ4n) is 5.49. The summed E-state index contributed by atoms with van der Waals surface area (Å²) in [5.74, 6) is -0.659. The summed E-state index contributed by atoms with van der Waals surface area (Å²) in [6, 6.07) is 29.5.